The van der Waals surface area contributed by atoms with Crippen LogP contribution >= 0.6 is 15.9 Å². The Hall–Kier alpha value is -0.380. The summed E-state index contributed by atoms with van der Waals surface area (Å²) in [6.07, 6.45) is 3.69. The summed E-state index contributed by atoms with van der Waals surface area (Å²) in [5.41, 5.74) is 1.43. The zero-order valence-electron chi connectivity index (χ0n) is 13.0. The van der Waals surface area contributed by atoms with Crippen LogP contribution in [0.25, 0.3) is 0 Å². The van der Waals surface area contributed by atoms with Gasteiger partial charge in [-0.25, -0.2) is 0 Å². The minimum Gasteiger partial charge on any atom is -0.383 e. The third kappa shape index (κ3) is 7.41. The average molecular weight is 342 g/mol. The Morgan fingerprint density at radius 1 is 1.25 bits per heavy atom. The van der Waals surface area contributed by atoms with Gasteiger partial charge in [0.25, 0.3) is 0 Å². The van der Waals surface area contributed by atoms with Gasteiger partial charge in [0.05, 0.1) is 6.61 Å². The molecule has 0 spiro atoms. The minimum atomic E-state index is 0.697. The summed E-state index contributed by atoms with van der Waals surface area (Å²) in [6.45, 7) is 7.43. The van der Waals surface area contributed by atoms with Gasteiger partial charge in [-0.05, 0) is 48.9 Å². The molecule has 1 aromatic carbocycles. The first-order chi connectivity index (χ1) is 9.65. The SMILES string of the molecule is CCC(C)CC(CNCCOC)Cc1ccc(Br)cc1. The average Bonchev–Trinajstić information content (AvgIpc) is 2.45. The number of ether oxygens (including phenoxy) is 1. The predicted molar refractivity (Wildman–Crippen MR) is 90.2 cm³/mol. The van der Waals surface area contributed by atoms with E-state index in [-0.39, 0.29) is 0 Å². The van der Waals surface area contributed by atoms with Gasteiger partial charge in [-0.3, -0.25) is 0 Å². The van der Waals surface area contributed by atoms with Crippen molar-refractivity contribution in [1.82, 2.24) is 5.32 Å². The number of halogens is 1. The molecule has 3 heteroatoms. The van der Waals surface area contributed by atoms with E-state index in [0.717, 1.165) is 36.5 Å². The number of rotatable bonds is 10. The van der Waals surface area contributed by atoms with Crippen LogP contribution in [0.2, 0.25) is 0 Å². The minimum absolute atomic E-state index is 0.697. The first kappa shape index (κ1) is 17.7. The lowest BCUT2D eigenvalue weighted by atomic mass is 9.89. The molecule has 0 aliphatic rings. The molecule has 0 fully saturated rings. The second-order valence-electron chi connectivity index (χ2n) is 5.64. The molecule has 2 atom stereocenters. The molecule has 0 radical (unpaired) electrons. The first-order valence-corrected chi connectivity index (χ1v) is 8.39. The topological polar surface area (TPSA) is 21.3 Å². The highest BCUT2D eigenvalue weighted by molar-refractivity contribution is 9.10. The van der Waals surface area contributed by atoms with Crippen molar-refractivity contribution in [1.29, 1.82) is 0 Å². The zero-order chi connectivity index (χ0) is 14.8. The highest BCUT2D eigenvalue weighted by atomic mass is 79.9. The highest BCUT2D eigenvalue weighted by Crippen LogP contribution is 2.20. The zero-order valence-corrected chi connectivity index (χ0v) is 14.6. The second kappa shape index (κ2) is 10.4. The van der Waals surface area contributed by atoms with Crippen LogP contribution < -0.4 is 5.32 Å². The molecule has 1 aromatic rings. The van der Waals surface area contributed by atoms with Gasteiger partial charge >= 0.3 is 0 Å². The molecule has 1 N–H and O–H groups in total. The molecule has 2 unspecified atom stereocenters. The summed E-state index contributed by atoms with van der Waals surface area (Å²) >= 11 is 3.50. The van der Waals surface area contributed by atoms with Crippen LogP contribution in [0.1, 0.15) is 32.3 Å². The second-order valence-corrected chi connectivity index (χ2v) is 6.56. The molecular weight excluding hydrogens is 314 g/mol. The molecule has 2 nitrogen and oxygen atoms in total. The molecular formula is C17H28BrNO. The van der Waals surface area contributed by atoms with Gasteiger partial charge in [0.2, 0.25) is 0 Å². The van der Waals surface area contributed by atoms with E-state index in [0.29, 0.717) is 5.92 Å². The van der Waals surface area contributed by atoms with Crippen LogP contribution in [-0.2, 0) is 11.2 Å². The van der Waals surface area contributed by atoms with Crippen molar-refractivity contribution >= 4 is 15.9 Å². The molecule has 0 bridgehead atoms. The van der Waals surface area contributed by atoms with E-state index >= 15 is 0 Å². The van der Waals surface area contributed by atoms with Crippen molar-refractivity contribution in [2.75, 3.05) is 26.8 Å². The third-order valence-corrected chi connectivity index (χ3v) is 4.31. The number of benzene rings is 1. The lowest BCUT2D eigenvalue weighted by Crippen LogP contribution is -2.28. The van der Waals surface area contributed by atoms with Crippen LogP contribution in [-0.4, -0.2) is 26.8 Å². The van der Waals surface area contributed by atoms with E-state index < -0.39 is 0 Å². The number of methoxy groups -OCH3 is 1. The number of hydrogen-bond donors (Lipinski definition) is 1. The standard InChI is InChI=1S/C17H28BrNO/c1-4-14(2)11-16(13-19-9-10-20-3)12-15-5-7-17(18)8-6-15/h5-8,14,16,19H,4,9-13H2,1-3H3. The number of nitrogens with one attached hydrogen (secondary N) is 1. The lowest BCUT2D eigenvalue weighted by Gasteiger charge is -2.21. The Labute approximate surface area is 132 Å². The molecule has 0 saturated carbocycles. The highest BCUT2D eigenvalue weighted by Gasteiger charge is 2.13. The Bertz CT molecular complexity index is 353. The van der Waals surface area contributed by atoms with Crippen molar-refractivity contribution in [2.24, 2.45) is 11.8 Å². The fourth-order valence-electron chi connectivity index (χ4n) is 2.41. The van der Waals surface area contributed by atoms with Crippen molar-refractivity contribution in [3.8, 4) is 0 Å². The molecule has 114 valence electrons. The maximum absolute atomic E-state index is 5.09. The summed E-state index contributed by atoms with van der Waals surface area (Å²) < 4.78 is 6.24. The predicted octanol–water partition coefficient (Wildman–Crippen LogP) is 4.28. The van der Waals surface area contributed by atoms with Crippen LogP contribution in [0.3, 0.4) is 0 Å². The van der Waals surface area contributed by atoms with Crippen LogP contribution in [0.15, 0.2) is 28.7 Å². The van der Waals surface area contributed by atoms with E-state index in [1.807, 2.05) is 0 Å². The van der Waals surface area contributed by atoms with Crippen molar-refractivity contribution in [2.45, 2.75) is 33.1 Å². The fraction of sp³-hybridized carbons (Fsp3) is 0.647. The normalized spacial score (nSPS) is 14.2. The quantitative estimate of drug-likeness (QED) is 0.641. The van der Waals surface area contributed by atoms with Crippen LogP contribution in [0, 0.1) is 11.8 Å². The van der Waals surface area contributed by atoms with Gasteiger partial charge < -0.3 is 10.1 Å². The molecule has 0 aromatic heterocycles. The Kier molecular flexibility index (Phi) is 9.16. The molecule has 0 aliphatic carbocycles. The summed E-state index contributed by atoms with van der Waals surface area (Å²) in [4.78, 5) is 0. The van der Waals surface area contributed by atoms with Crippen LogP contribution in [0.4, 0.5) is 0 Å². The summed E-state index contributed by atoms with van der Waals surface area (Å²) in [7, 11) is 1.75. The largest absolute Gasteiger partial charge is 0.383 e. The van der Waals surface area contributed by atoms with E-state index in [9.17, 15) is 0 Å². The summed E-state index contributed by atoms with van der Waals surface area (Å²) in [6, 6.07) is 8.72. The molecule has 1 rings (SSSR count). The van der Waals surface area contributed by atoms with Crippen molar-refractivity contribution in [3.05, 3.63) is 34.3 Å². The smallest absolute Gasteiger partial charge is 0.0587 e. The van der Waals surface area contributed by atoms with E-state index in [1.54, 1.807) is 7.11 Å². The third-order valence-electron chi connectivity index (χ3n) is 3.79. The maximum atomic E-state index is 5.09. The maximum Gasteiger partial charge on any atom is 0.0587 e. The van der Waals surface area contributed by atoms with Crippen LogP contribution in [0.5, 0.6) is 0 Å². The Balaban J connectivity index is 2.49. The van der Waals surface area contributed by atoms with Crippen molar-refractivity contribution < 1.29 is 4.74 Å². The van der Waals surface area contributed by atoms with Gasteiger partial charge in [-0.1, -0.05) is 48.3 Å². The Morgan fingerprint density at radius 2 is 1.95 bits per heavy atom. The molecule has 0 saturated heterocycles. The van der Waals surface area contributed by atoms with Gasteiger partial charge in [-0.2, -0.15) is 0 Å². The van der Waals surface area contributed by atoms with E-state index in [4.69, 9.17) is 4.74 Å². The summed E-state index contributed by atoms with van der Waals surface area (Å²) in [5, 5.41) is 3.51. The fourth-order valence-corrected chi connectivity index (χ4v) is 2.67. The lowest BCUT2D eigenvalue weighted by molar-refractivity contribution is 0.196. The monoisotopic (exact) mass is 341 g/mol. The van der Waals surface area contributed by atoms with Crippen molar-refractivity contribution in [3.63, 3.8) is 0 Å². The van der Waals surface area contributed by atoms with E-state index in [1.165, 1.54) is 18.4 Å². The molecule has 0 heterocycles. The molecule has 0 aliphatic heterocycles. The molecule has 0 amide bonds. The van der Waals surface area contributed by atoms with E-state index in [2.05, 4.69) is 59.4 Å². The van der Waals surface area contributed by atoms with Gasteiger partial charge in [0, 0.05) is 18.1 Å². The molecule has 20 heavy (non-hydrogen) atoms. The summed E-state index contributed by atoms with van der Waals surface area (Å²) in [5.74, 6) is 1.49. The van der Waals surface area contributed by atoms with Gasteiger partial charge in [-0.15, -0.1) is 0 Å². The van der Waals surface area contributed by atoms with Gasteiger partial charge in [0.1, 0.15) is 0 Å². The Morgan fingerprint density at radius 3 is 2.55 bits per heavy atom. The first-order valence-electron chi connectivity index (χ1n) is 7.59. The van der Waals surface area contributed by atoms with Gasteiger partial charge in [0.15, 0.2) is 0 Å². The number of hydrogen-bond acceptors (Lipinski definition) is 2.